The lowest BCUT2D eigenvalue weighted by atomic mass is 10.1. The van der Waals surface area contributed by atoms with Gasteiger partial charge in [-0.25, -0.2) is 8.42 Å². The Bertz CT molecular complexity index is 604. The van der Waals surface area contributed by atoms with E-state index < -0.39 is 26.4 Å². The van der Waals surface area contributed by atoms with Crippen LogP contribution >= 0.6 is 0 Å². The molecule has 7 heteroatoms. The minimum atomic E-state index is -4.09. The average molecular weight is 271 g/mol. The third-order valence-corrected chi connectivity index (χ3v) is 4.46. The molecule has 0 atom stereocenters. The smallest absolute Gasteiger partial charge is 0.306 e. The van der Waals surface area contributed by atoms with Gasteiger partial charge >= 0.3 is 5.88 Å². The monoisotopic (exact) mass is 271 g/mol. The molecular formula is C11H13NO5S. The van der Waals surface area contributed by atoms with Crippen molar-refractivity contribution in [1.29, 1.82) is 0 Å². The Morgan fingerprint density at radius 3 is 2.56 bits per heavy atom. The van der Waals surface area contributed by atoms with Gasteiger partial charge in [-0.1, -0.05) is 6.07 Å². The van der Waals surface area contributed by atoms with Crippen molar-refractivity contribution in [1.82, 2.24) is 0 Å². The van der Waals surface area contributed by atoms with Gasteiger partial charge in [0.15, 0.2) is 0 Å². The zero-order valence-electron chi connectivity index (χ0n) is 9.79. The van der Waals surface area contributed by atoms with Crippen molar-refractivity contribution in [2.24, 2.45) is 0 Å². The van der Waals surface area contributed by atoms with E-state index in [-0.39, 0.29) is 10.8 Å². The number of phenolic OH excluding ortho intramolecular Hbond substituents is 1. The fourth-order valence-electron chi connectivity index (χ4n) is 2.02. The van der Waals surface area contributed by atoms with E-state index in [0.29, 0.717) is 5.56 Å². The SMILES string of the molecule is Cc1cc(O)c(S(=O)(=O)C[N+](=O)[O-])c(C2CC2)c1. The molecule has 6 nitrogen and oxygen atoms in total. The Labute approximate surface area is 104 Å². The maximum absolute atomic E-state index is 11.9. The number of aromatic hydroxyl groups is 1. The fraction of sp³-hybridized carbons (Fsp3) is 0.455. The number of nitro groups is 1. The molecule has 1 fully saturated rings. The highest BCUT2D eigenvalue weighted by molar-refractivity contribution is 7.91. The van der Waals surface area contributed by atoms with E-state index in [1.165, 1.54) is 6.07 Å². The molecule has 18 heavy (non-hydrogen) atoms. The standard InChI is InChI=1S/C11H13NO5S/c1-7-4-9(8-2-3-8)11(10(13)5-7)18(16,17)6-12(14)15/h4-5,8,13H,2-3,6H2,1H3. The predicted molar refractivity (Wildman–Crippen MR) is 63.9 cm³/mol. The number of hydrogen-bond donors (Lipinski definition) is 1. The molecule has 0 aliphatic heterocycles. The van der Waals surface area contributed by atoms with Gasteiger partial charge in [-0.05, 0) is 42.9 Å². The molecule has 0 saturated heterocycles. The van der Waals surface area contributed by atoms with E-state index in [4.69, 9.17) is 0 Å². The Morgan fingerprint density at radius 1 is 1.44 bits per heavy atom. The normalized spacial score (nSPS) is 15.6. The third-order valence-electron chi connectivity index (χ3n) is 2.85. The van der Waals surface area contributed by atoms with E-state index in [0.717, 1.165) is 18.4 Å². The lowest BCUT2D eigenvalue weighted by Gasteiger charge is -2.11. The highest BCUT2D eigenvalue weighted by Crippen LogP contribution is 2.45. The Balaban J connectivity index is 2.59. The molecule has 2 rings (SSSR count). The van der Waals surface area contributed by atoms with Crippen molar-refractivity contribution in [3.8, 4) is 5.75 Å². The van der Waals surface area contributed by atoms with Crippen LogP contribution in [0.2, 0.25) is 0 Å². The van der Waals surface area contributed by atoms with Crippen molar-refractivity contribution in [3.63, 3.8) is 0 Å². The molecule has 0 heterocycles. The first-order valence-corrected chi connectivity index (χ1v) is 7.14. The summed E-state index contributed by atoms with van der Waals surface area (Å²) in [5, 5.41) is 20.2. The number of rotatable bonds is 4. The van der Waals surface area contributed by atoms with Crippen LogP contribution in [0, 0.1) is 17.0 Å². The number of benzene rings is 1. The second-order valence-electron chi connectivity index (χ2n) is 4.55. The Kier molecular flexibility index (Phi) is 3.02. The zero-order chi connectivity index (χ0) is 13.5. The van der Waals surface area contributed by atoms with Gasteiger partial charge in [0.1, 0.15) is 10.6 Å². The molecule has 1 aliphatic carbocycles. The Hall–Kier alpha value is -1.63. The Morgan fingerprint density at radius 2 is 2.06 bits per heavy atom. The summed E-state index contributed by atoms with van der Waals surface area (Å²) in [6, 6.07) is 3.00. The van der Waals surface area contributed by atoms with Crippen molar-refractivity contribution in [2.75, 3.05) is 5.88 Å². The lowest BCUT2D eigenvalue weighted by Crippen LogP contribution is -2.16. The summed E-state index contributed by atoms with van der Waals surface area (Å²) in [6.45, 7) is 1.75. The highest BCUT2D eigenvalue weighted by Gasteiger charge is 2.35. The van der Waals surface area contributed by atoms with E-state index in [9.17, 15) is 23.6 Å². The summed E-state index contributed by atoms with van der Waals surface area (Å²) in [6.07, 6.45) is 1.70. The van der Waals surface area contributed by atoms with Gasteiger partial charge in [-0.3, -0.25) is 10.1 Å². The average Bonchev–Trinajstić information content (AvgIpc) is 2.95. The van der Waals surface area contributed by atoms with Gasteiger partial charge in [-0.15, -0.1) is 0 Å². The van der Waals surface area contributed by atoms with Crippen molar-refractivity contribution >= 4 is 9.84 Å². The van der Waals surface area contributed by atoms with Gasteiger partial charge in [0.2, 0.25) is 9.84 Å². The van der Waals surface area contributed by atoms with Crippen LogP contribution in [-0.2, 0) is 9.84 Å². The van der Waals surface area contributed by atoms with Crippen molar-refractivity contribution in [3.05, 3.63) is 33.4 Å². The van der Waals surface area contributed by atoms with Gasteiger partial charge in [0, 0.05) is 4.92 Å². The molecule has 0 spiro atoms. The molecule has 0 unspecified atom stereocenters. The van der Waals surface area contributed by atoms with Crippen LogP contribution in [0.25, 0.3) is 0 Å². The molecule has 1 N–H and O–H groups in total. The maximum Gasteiger partial charge on any atom is 0.306 e. The molecular weight excluding hydrogens is 258 g/mol. The second kappa shape index (κ2) is 4.24. The summed E-state index contributed by atoms with van der Waals surface area (Å²) in [4.78, 5) is 9.24. The highest BCUT2D eigenvalue weighted by atomic mass is 32.2. The molecule has 0 bridgehead atoms. The summed E-state index contributed by atoms with van der Waals surface area (Å²) in [7, 11) is -4.09. The first-order chi connectivity index (χ1) is 8.31. The zero-order valence-corrected chi connectivity index (χ0v) is 10.6. The summed E-state index contributed by atoms with van der Waals surface area (Å²) in [5.74, 6) is -1.49. The second-order valence-corrected chi connectivity index (χ2v) is 6.45. The van der Waals surface area contributed by atoms with Crippen LogP contribution in [0.1, 0.15) is 29.9 Å². The molecule has 1 aliphatic rings. The molecule has 0 aromatic heterocycles. The first-order valence-electron chi connectivity index (χ1n) is 5.49. The lowest BCUT2D eigenvalue weighted by molar-refractivity contribution is -0.458. The third kappa shape index (κ3) is 2.45. The maximum atomic E-state index is 11.9. The number of sulfone groups is 1. The number of nitrogens with zero attached hydrogens (tertiary/aromatic N) is 1. The topological polar surface area (TPSA) is 97.5 Å². The number of hydrogen-bond acceptors (Lipinski definition) is 5. The van der Waals surface area contributed by atoms with Gasteiger partial charge in [0.05, 0.1) is 0 Å². The van der Waals surface area contributed by atoms with E-state index >= 15 is 0 Å². The van der Waals surface area contributed by atoms with Crippen molar-refractivity contribution < 1.29 is 18.4 Å². The fourth-order valence-corrected chi connectivity index (χ4v) is 3.39. The largest absolute Gasteiger partial charge is 0.507 e. The summed E-state index contributed by atoms with van der Waals surface area (Å²) < 4.78 is 23.9. The van der Waals surface area contributed by atoms with Gasteiger partial charge in [0.25, 0.3) is 0 Å². The number of aryl methyl sites for hydroxylation is 1. The molecule has 0 amide bonds. The van der Waals surface area contributed by atoms with E-state index in [1.54, 1.807) is 13.0 Å². The minimum absolute atomic E-state index is 0.0901. The van der Waals surface area contributed by atoms with Gasteiger partial charge in [-0.2, -0.15) is 0 Å². The minimum Gasteiger partial charge on any atom is -0.507 e. The van der Waals surface area contributed by atoms with Crippen LogP contribution in [0.15, 0.2) is 17.0 Å². The van der Waals surface area contributed by atoms with E-state index in [1.807, 2.05) is 0 Å². The van der Waals surface area contributed by atoms with Gasteiger partial charge < -0.3 is 5.11 Å². The van der Waals surface area contributed by atoms with E-state index in [2.05, 4.69) is 0 Å². The summed E-state index contributed by atoms with van der Waals surface area (Å²) in [5.41, 5.74) is 1.25. The molecule has 1 saturated carbocycles. The molecule has 98 valence electrons. The summed E-state index contributed by atoms with van der Waals surface area (Å²) >= 11 is 0. The quantitative estimate of drug-likeness (QED) is 0.662. The molecule has 0 radical (unpaired) electrons. The molecule has 1 aromatic carbocycles. The first kappa shape index (κ1) is 12.8. The molecule has 1 aromatic rings. The van der Waals surface area contributed by atoms with Crippen LogP contribution in [0.5, 0.6) is 5.75 Å². The van der Waals surface area contributed by atoms with Crippen molar-refractivity contribution in [2.45, 2.75) is 30.6 Å². The van der Waals surface area contributed by atoms with Crippen LogP contribution < -0.4 is 0 Å². The number of phenols is 1. The van der Waals surface area contributed by atoms with Crippen LogP contribution in [0.3, 0.4) is 0 Å². The predicted octanol–water partition coefficient (Wildman–Crippen LogP) is 1.59. The van der Waals surface area contributed by atoms with Crippen LogP contribution in [0.4, 0.5) is 0 Å². The van der Waals surface area contributed by atoms with Crippen LogP contribution in [-0.4, -0.2) is 24.3 Å².